The first-order chi connectivity index (χ1) is 8.99. The lowest BCUT2D eigenvalue weighted by Crippen LogP contribution is -2.13. The number of rotatable bonds is 3. The molecule has 2 N–H and O–H groups in total. The molecule has 2 aromatic rings. The highest BCUT2D eigenvalue weighted by Crippen LogP contribution is 2.25. The van der Waals surface area contributed by atoms with Crippen LogP contribution in [0.2, 0.25) is 10.0 Å². The van der Waals surface area contributed by atoms with Gasteiger partial charge < -0.3 is 10.4 Å². The zero-order valence-electron chi connectivity index (χ0n) is 9.31. The Morgan fingerprint density at radius 3 is 2.53 bits per heavy atom. The fraction of sp³-hybridized carbons (Fsp3) is 0. The van der Waals surface area contributed by atoms with Gasteiger partial charge in [0.25, 0.3) is 5.91 Å². The maximum atomic E-state index is 11.9. The fourth-order valence-corrected chi connectivity index (χ4v) is 2.39. The van der Waals surface area contributed by atoms with E-state index in [0.717, 1.165) is 11.3 Å². The second kappa shape index (κ2) is 5.61. The topological polar surface area (TPSA) is 66.4 Å². The maximum absolute atomic E-state index is 11.9. The molecule has 0 fully saturated rings. The molecule has 1 aromatic heterocycles. The van der Waals surface area contributed by atoms with E-state index in [4.69, 9.17) is 28.3 Å². The molecular weight excluding hydrogens is 309 g/mol. The third kappa shape index (κ3) is 3.07. The number of anilines is 1. The number of nitrogens with one attached hydrogen (secondary N) is 1. The molecular formula is C12H7Cl2NO3S. The van der Waals surface area contributed by atoms with E-state index in [1.54, 1.807) is 5.38 Å². The van der Waals surface area contributed by atoms with Gasteiger partial charge in [0.2, 0.25) is 0 Å². The molecule has 0 atom stereocenters. The summed E-state index contributed by atoms with van der Waals surface area (Å²) in [5, 5.41) is 13.7. The summed E-state index contributed by atoms with van der Waals surface area (Å²) in [6.07, 6.45) is 0. The molecule has 2 rings (SSSR count). The number of carbonyl (C=O) groups excluding carboxylic acids is 1. The van der Waals surface area contributed by atoms with Crippen LogP contribution < -0.4 is 5.32 Å². The molecule has 0 saturated carbocycles. The molecule has 7 heteroatoms. The lowest BCUT2D eigenvalue weighted by Gasteiger charge is -2.05. The van der Waals surface area contributed by atoms with Gasteiger partial charge in [0.1, 0.15) is 4.88 Å². The highest BCUT2D eigenvalue weighted by molar-refractivity contribution is 7.12. The van der Waals surface area contributed by atoms with Crippen molar-refractivity contribution >= 4 is 52.1 Å². The molecule has 0 aliphatic heterocycles. The Kier molecular flexibility index (Phi) is 4.09. The molecule has 1 aromatic carbocycles. The molecule has 0 radical (unpaired) electrons. The summed E-state index contributed by atoms with van der Waals surface area (Å²) in [4.78, 5) is 22.9. The van der Waals surface area contributed by atoms with Crippen LogP contribution in [0.15, 0.2) is 29.6 Å². The van der Waals surface area contributed by atoms with Gasteiger partial charge in [0.05, 0.1) is 15.7 Å². The van der Waals surface area contributed by atoms with Crippen LogP contribution in [0.5, 0.6) is 0 Å². The first-order valence-electron chi connectivity index (χ1n) is 5.06. The lowest BCUT2D eigenvalue weighted by molar-refractivity contribution is 0.0703. The zero-order valence-corrected chi connectivity index (χ0v) is 11.6. The van der Waals surface area contributed by atoms with E-state index in [0.29, 0.717) is 10.6 Å². The summed E-state index contributed by atoms with van der Waals surface area (Å²) in [7, 11) is 0. The Bertz CT molecular complexity index is 654. The largest absolute Gasteiger partial charge is 0.477 e. The highest BCUT2D eigenvalue weighted by Gasteiger charge is 2.15. The molecule has 1 amide bonds. The van der Waals surface area contributed by atoms with Crippen LogP contribution in [0, 0.1) is 0 Å². The van der Waals surface area contributed by atoms with Gasteiger partial charge in [-0.05, 0) is 29.6 Å². The Balaban J connectivity index is 2.23. The monoisotopic (exact) mass is 315 g/mol. The molecule has 0 unspecified atom stereocenters. The van der Waals surface area contributed by atoms with E-state index >= 15 is 0 Å². The van der Waals surface area contributed by atoms with Crippen LogP contribution in [0.1, 0.15) is 20.0 Å². The van der Waals surface area contributed by atoms with E-state index < -0.39 is 11.9 Å². The number of thiophene rings is 1. The van der Waals surface area contributed by atoms with Crippen molar-refractivity contribution in [2.24, 2.45) is 0 Å². The number of hydrogen-bond acceptors (Lipinski definition) is 3. The number of halogens is 2. The first kappa shape index (κ1) is 13.9. The van der Waals surface area contributed by atoms with Crippen LogP contribution >= 0.6 is 34.5 Å². The van der Waals surface area contributed by atoms with Crippen molar-refractivity contribution in [2.75, 3.05) is 5.32 Å². The van der Waals surface area contributed by atoms with Gasteiger partial charge in [-0.1, -0.05) is 23.2 Å². The van der Waals surface area contributed by atoms with Gasteiger partial charge >= 0.3 is 5.97 Å². The van der Waals surface area contributed by atoms with Crippen molar-refractivity contribution in [3.05, 3.63) is 50.1 Å². The number of carboxylic acids is 1. The smallest absolute Gasteiger partial charge is 0.348 e. The normalized spacial score (nSPS) is 10.2. The molecule has 0 bridgehead atoms. The average molecular weight is 316 g/mol. The van der Waals surface area contributed by atoms with Crippen molar-refractivity contribution in [1.29, 1.82) is 0 Å². The van der Waals surface area contributed by atoms with Crippen LogP contribution in [0.4, 0.5) is 5.69 Å². The van der Waals surface area contributed by atoms with Crippen molar-refractivity contribution in [3.8, 4) is 0 Å². The predicted molar refractivity (Wildman–Crippen MR) is 75.7 cm³/mol. The Hall–Kier alpha value is -1.56. The number of hydrogen-bond donors (Lipinski definition) is 2. The van der Waals surface area contributed by atoms with Gasteiger partial charge in [-0.3, -0.25) is 4.79 Å². The molecule has 0 spiro atoms. The summed E-state index contributed by atoms with van der Waals surface area (Å²) in [6.45, 7) is 0. The van der Waals surface area contributed by atoms with Gasteiger partial charge in [-0.25, -0.2) is 4.79 Å². The standard InChI is InChI=1S/C12H7Cl2NO3S/c13-7-2-1-6(5-8(7)14)11(16)15-9-3-4-19-10(9)12(17)18/h1-5H,(H,15,16)(H,17,18). The first-order valence-corrected chi connectivity index (χ1v) is 6.70. The van der Waals surface area contributed by atoms with Crippen molar-refractivity contribution in [1.82, 2.24) is 0 Å². The molecule has 1 heterocycles. The van der Waals surface area contributed by atoms with Crippen molar-refractivity contribution < 1.29 is 14.7 Å². The van der Waals surface area contributed by atoms with Gasteiger partial charge in [-0.15, -0.1) is 11.3 Å². The number of benzene rings is 1. The summed E-state index contributed by atoms with van der Waals surface area (Å²) < 4.78 is 0. The van der Waals surface area contributed by atoms with E-state index in [2.05, 4.69) is 5.32 Å². The van der Waals surface area contributed by atoms with Gasteiger partial charge in [-0.2, -0.15) is 0 Å². The number of carboxylic acid groups (broad SMARTS) is 1. The summed E-state index contributed by atoms with van der Waals surface area (Å²) >= 11 is 12.6. The van der Waals surface area contributed by atoms with E-state index in [9.17, 15) is 9.59 Å². The number of amides is 1. The third-order valence-corrected chi connectivity index (χ3v) is 3.93. The average Bonchev–Trinajstić information content (AvgIpc) is 2.80. The Morgan fingerprint density at radius 2 is 1.89 bits per heavy atom. The quantitative estimate of drug-likeness (QED) is 0.899. The summed E-state index contributed by atoms with van der Waals surface area (Å²) in [5.74, 6) is -1.53. The molecule has 0 aliphatic rings. The van der Waals surface area contributed by atoms with Gasteiger partial charge in [0, 0.05) is 5.56 Å². The Morgan fingerprint density at radius 1 is 1.16 bits per heavy atom. The maximum Gasteiger partial charge on any atom is 0.348 e. The minimum absolute atomic E-state index is 0.0772. The Labute approximate surface area is 122 Å². The van der Waals surface area contributed by atoms with Crippen LogP contribution in [-0.4, -0.2) is 17.0 Å². The minimum Gasteiger partial charge on any atom is -0.477 e. The predicted octanol–water partition coefficient (Wildman–Crippen LogP) is 4.01. The van der Waals surface area contributed by atoms with E-state index in [1.807, 2.05) is 0 Å². The van der Waals surface area contributed by atoms with Crippen LogP contribution in [0.25, 0.3) is 0 Å². The van der Waals surface area contributed by atoms with E-state index in [1.165, 1.54) is 24.3 Å². The second-order valence-corrected chi connectivity index (χ2v) is 5.28. The van der Waals surface area contributed by atoms with Crippen molar-refractivity contribution in [2.45, 2.75) is 0 Å². The minimum atomic E-state index is -1.08. The second-order valence-electron chi connectivity index (χ2n) is 3.55. The third-order valence-electron chi connectivity index (χ3n) is 2.29. The lowest BCUT2D eigenvalue weighted by atomic mass is 10.2. The molecule has 0 saturated heterocycles. The highest BCUT2D eigenvalue weighted by atomic mass is 35.5. The molecule has 4 nitrogen and oxygen atoms in total. The summed E-state index contributed by atoms with van der Waals surface area (Å²) in [5.41, 5.74) is 0.561. The molecule has 98 valence electrons. The summed E-state index contributed by atoms with van der Waals surface area (Å²) in [6, 6.07) is 5.97. The van der Waals surface area contributed by atoms with Crippen LogP contribution in [-0.2, 0) is 0 Å². The van der Waals surface area contributed by atoms with Gasteiger partial charge in [0.15, 0.2) is 0 Å². The SMILES string of the molecule is O=C(Nc1ccsc1C(=O)O)c1ccc(Cl)c(Cl)c1. The van der Waals surface area contributed by atoms with Crippen LogP contribution in [0.3, 0.4) is 0 Å². The van der Waals surface area contributed by atoms with Crippen molar-refractivity contribution in [3.63, 3.8) is 0 Å². The molecule has 0 aliphatic carbocycles. The molecule has 19 heavy (non-hydrogen) atoms. The zero-order chi connectivity index (χ0) is 14.0. The number of carbonyl (C=O) groups is 2. The van der Waals surface area contributed by atoms with E-state index in [-0.39, 0.29) is 15.6 Å². The number of aromatic carboxylic acids is 1. The fourth-order valence-electron chi connectivity index (χ4n) is 1.41.